The monoisotopic (exact) mass is 313 g/mol. The number of carbonyl (C=O) groups is 2. The van der Waals surface area contributed by atoms with Gasteiger partial charge in [0.05, 0.1) is 17.9 Å². The van der Waals surface area contributed by atoms with E-state index in [2.05, 4.69) is 5.32 Å². The molecule has 1 aliphatic carbocycles. The largest absolute Gasteiger partial charge is 0.481 e. The molecule has 120 valence electrons. The molecule has 0 spiro atoms. The van der Waals surface area contributed by atoms with Crippen molar-refractivity contribution in [3.8, 4) is 0 Å². The van der Waals surface area contributed by atoms with E-state index in [1.165, 1.54) is 0 Å². The number of carboxylic acid groups (broad SMARTS) is 1. The fraction of sp³-hybridized carbons (Fsp3) is 0.333. The Morgan fingerprint density at radius 1 is 1.22 bits per heavy atom. The van der Waals surface area contributed by atoms with Gasteiger partial charge in [0.1, 0.15) is 11.3 Å². The highest BCUT2D eigenvalue weighted by Crippen LogP contribution is 2.28. The number of para-hydroxylation sites is 1. The van der Waals surface area contributed by atoms with Crippen LogP contribution in [0.2, 0.25) is 0 Å². The molecule has 0 radical (unpaired) electrons. The minimum atomic E-state index is -0.925. The van der Waals surface area contributed by atoms with E-state index in [1.54, 1.807) is 0 Å². The van der Waals surface area contributed by atoms with E-state index in [4.69, 9.17) is 4.42 Å². The SMILES string of the molecule is C[C@H](NC(=O)[C@@H]1CC=CC[C@H]1C(=O)O)c1cc2ccccc2o1. The van der Waals surface area contributed by atoms with Crippen LogP contribution in [0, 0.1) is 11.8 Å². The van der Waals surface area contributed by atoms with Gasteiger partial charge in [-0.15, -0.1) is 0 Å². The maximum atomic E-state index is 12.5. The Labute approximate surface area is 134 Å². The lowest BCUT2D eigenvalue weighted by Gasteiger charge is -2.25. The molecule has 1 amide bonds. The van der Waals surface area contributed by atoms with Gasteiger partial charge in [0.25, 0.3) is 0 Å². The minimum Gasteiger partial charge on any atom is -0.481 e. The van der Waals surface area contributed by atoms with Crippen molar-refractivity contribution in [3.63, 3.8) is 0 Å². The van der Waals surface area contributed by atoms with Crippen LogP contribution in [0.3, 0.4) is 0 Å². The van der Waals surface area contributed by atoms with Gasteiger partial charge in [-0.3, -0.25) is 9.59 Å². The van der Waals surface area contributed by atoms with Crippen molar-refractivity contribution in [2.75, 3.05) is 0 Å². The Morgan fingerprint density at radius 3 is 2.61 bits per heavy atom. The number of hydrogen-bond acceptors (Lipinski definition) is 3. The molecule has 1 aliphatic rings. The maximum absolute atomic E-state index is 12.5. The van der Waals surface area contributed by atoms with Crippen molar-refractivity contribution in [3.05, 3.63) is 48.2 Å². The number of aliphatic carboxylic acids is 1. The first-order valence-corrected chi connectivity index (χ1v) is 7.73. The Hall–Kier alpha value is -2.56. The van der Waals surface area contributed by atoms with Crippen molar-refractivity contribution in [1.82, 2.24) is 5.32 Å². The molecule has 1 aromatic heterocycles. The summed E-state index contributed by atoms with van der Waals surface area (Å²) in [4.78, 5) is 23.8. The molecule has 0 aliphatic heterocycles. The van der Waals surface area contributed by atoms with Crippen LogP contribution in [0.25, 0.3) is 11.0 Å². The molecule has 0 saturated carbocycles. The summed E-state index contributed by atoms with van der Waals surface area (Å²) in [5.41, 5.74) is 0.771. The van der Waals surface area contributed by atoms with Gasteiger partial charge in [-0.05, 0) is 31.9 Å². The zero-order chi connectivity index (χ0) is 16.4. The second-order valence-electron chi connectivity index (χ2n) is 5.91. The van der Waals surface area contributed by atoms with Crippen LogP contribution in [0.1, 0.15) is 31.6 Å². The van der Waals surface area contributed by atoms with Gasteiger partial charge >= 0.3 is 5.97 Å². The molecule has 0 saturated heterocycles. The van der Waals surface area contributed by atoms with E-state index >= 15 is 0 Å². The van der Waals surface area contributed by atoms with E-state index in [1.807, 2.05) is 49.4 Å². The third kappa shape index (κ3) is 3.13. The Kier molecular flexibility index (Phi) is 4.19. The summed E-state index contributed by atoms with van der Waals surface area (Å²) < 4.78 is 5.75. The first kappa shape index (κ1) is 15.3. The number of rotatable bonds is 4. The fourth-order valence-corrected chi connectivity index (χ4v) is 2.98. The van der Waals surface area contributed by atoms with E-state index in [0.717, 1.165) is 11.0 Å². The highest BCUT2D eigenvalue weighted by Gasteiger charge is 2.34. The molecule has 3 rings (SSSR count). The number of carboxylic acids is 1. The first-order valence-electron chi connectivity index (χ1n) is 7.73. The third-order valence-electron chi connectivity index (χ3n) is 4.32. The molecular formula is C18H19NO4. The van der Waals surface area contributed by atoms with E-state index in [9.17, 15) is 14.7 Å². The molecule has 1 aromatic carbocycles. The smallest absolute Gasteiger partial charge is 0.307 e. The van der Waals surface area contributed by atoms with Gasteiger partial charge in [0.2, 0.25) is 5.91 Å². The van der Waals surface area contributed by atoms with Crippen LogP contribution in [0.15, 0.2) is 46.9 Å². The molecule has 5 nitrogen and oxygen atoms in total. The topological polar surface area (TPSA) is 79.5 Å². The van der Waals surface area contributed by atoms with Gasteiger partial charge in [0.15, 0.2) is 0 Å². The summed E-state index contributed by atoms with van der Waals surface area (Å²) in [6.07, 6.45) is 4.54. The molecule has 0 fully saturated rings. The average molecular weight is 313 g/mol. The van der Waals surface area contributed by atoms with E-state index in [0.29, 0.717) is 18.6 Å². The number of allylic oxidation sites excluding steroid dienone is 2. The lowest BCUT2D eigenvalue weighted by molar-refractivity contribution is -0.147. The second-order valence-corrected chi connectivity index (χ2v) is 5.91. The minimum absolute atomic E-state index is 0.241. The number of nitrogens with one attached hydrogen (secondary N) is 1. The molecule has 3 atom stereocenters. The normalized spacial score (nSPS) is 22.0. The number of amides is 1. The van der Waals surface area contributed by atoms with Crippen molar-refractivity contribution in [2.45, 2.75) is 25.8 Å². The predicted molar refractivity (Wildman–Crippen MR) is 85.8 cm³/mol. The summed E-state index contributed by atoms with van der Waals surface area (Å²) in [5, 5.41) is 13.1. The van der Waals surface area contributed by atoms with Gasteiger partial charge < -0.3 is 14.8 Å². The summed E-state index contributed by atoms with van der Waals surface area (Å²) in [5.74, 6) is -1.70. The molecule has 23 heavy (non-hydrogen) atoms. The highest BCUT2D eigenvalue weighted by atomic mass is 16.4. The summed E-state index contributed by atoms with van der Waals surface area (Å²) in [6.45, 7) is 1.84. The molecule has 0 unspecified atom stereocenters. The number of furan rings is 1. The van der Waals surface area contributed by atoms with Crippen LogP contribution in [0.4, 0.5) is 0 Å². The molecular weight excluding hydrogens is 294 g/mol. The lowest BCUT2D eigenvalue weighted by Crippen LogP contribution is -2.39. The lowest BCUT2D eigenvalue weighted by atomic mass is 9.82. The number of carbonyl (C=O) groups excluding carboxylic acids is 1. The van der Waals surface area contributed by atoms with Crippen LogP contribution in [-0.4, -0.2) is 17.0 Å². The molecule has 0 bridgehead atoms. The second kappa shape index (κ2) is 6.28. The number of hydrogen-bond donors (Lipinski definition) is 2. The maximum Gasteiger partial charge on any atom is 0.307 e. The summed E-state index contributed by atoms with van der Waals surface area (Å²) >= 11 is 0. The van der Waals surface area contributed by atoms with Crippen molar-refractivity contribution in [1.29, 1.82) is 0 Å². The zero-order valence-corrected chi connectivity index (χ0v) is 12.9. The van der Waals surface area contributed by atoms with E-state index in [-0.39, 0.29) is 11.9 Å². The zero-order valence-electron chi connectivity index (χ0n) is 12.9. The Balaban J connectivity index is 1.73. The van der Waals surface area contributed by atoms with Crippen molar-refractivity contribution >= 4 is 22.8 Å². The summed E-state index contributed by atoms with van der Waals surface area (Å²) in [7, 11) is 0. The van der Waals surface area contributed by atoms with E-state index < -0.39 is 17.8 Å². The fourth-order valence-electron chi connectivity index (χ4n) is 2.98. The van der Waals surface area contributed by atoms with Crippen molar-refractivity contribution < 1.29 is 19.1 Å². The quantitative estimate of drug-likeness (QED) is 0.849. The van der Waals surface area contributed by atoms with Crippen LogP contribution in [0.5, 0.6) is 0 Å². The standard InChI is InChI=1S/C18H19NO4/c1-11(16-10-12-6-2-5-9-15(12)23-16)19-17(20)13-7-3-4-8-14(13)18(21)22/h2-6,9-11,13-14H,7-8H2,1H3,(H,19,20)(H,21,22)/t11-,13+,14+/m0/s1. The molecule has 1 heterocycles. The molecule has 2 aromatic rings. The number of fused-ring (bicyclic) bond motifs is 1. The Bertz CT molecular complexity index is 728. The third-order valence-corrected chi connectivity index (χ3v) is 4.32. The highest BCUT2D eigenvalue weighted by molar-refractivity contribution is 5.85. The van der Waals surface area contributed by atoms with Gasteiger partial charge in [-0.2, -0.15) is 0 Å². The predicted octanol–water partition coefficient (Wildman–Crippen LogP) is 3.28. The molecule has 5 heteroatoms. The molecule has 2 N–H and O–H groups in total. The van der Waals surface area contributed by atoms with Gasteiger partial charge in [-0.1, -0.05) is 30.4 Å². The van der Waals surface area contributed by atoms with Crippen molar-refractivity contribution in [2.24, 2.45) is 11.8 Å². The van der Waals surface area contributed by atoms with Crippen LogP contribution >= 0.6 is 0 Å². The van der Waals surface area contributed by atoms with Crippen LogP contribution in [-0.2, 0) is 9.59 Å². The average Bonchev–Trinajstić information content (AvgIpc) is 2.99. The summed E-state index contributed by atoms with van der Waals surface area (Å²) in [6, 6.07) is 9.23. The van der Waals surface area contributed by atoms with Gasteiger partial charge in [-0.25, -0.2) is 0 Å². The number of benzene rings is 1. The first-order chi connectivity index (χ1) is 11.1. The Morgan fingerprint density at radius 2 is 1.91 bits per heavy atom. The van der Waals surface area contributed by atoms with Gasteiger partial charge in [0, 0.05) is 5.39 Å². The van der Waals surface area contributed by atoms with Crippen LogP contribution < -0.4 is 5.32 Å².